The fourth-order valence-electron chi connectivity index (χ4n) is 3.41. The summed E-state index contributed by atoms with van der Waals surface area (Å²) in [5, 5.41) is 0. The van der Waals surface area contributed by atoms with Crippen molar-refractivity contribution in [1.29, 1.82) is 0 Å². The van der Waals surface area contributed by atoms with Crippen LogP contribution in [0.4, 0.5) is 4.79 Å². The highest BCUT2D eigenvalue weighted by molar-refractivity contribution is 5.99. The number of nitrogens with zero attached hydrogens (tertiary/aromatic N) is 1. The van der Waals surface area contributed by atoms with Crippen molar-refractivity contribution < 1.29 is 23.8 Å². The van der Waals surface area contributed by atoms with Crippen LogP contribution in [0.2, 0.25) is 0 Å². The van der Waals surface area contributed by atoms with Gasteiger partial charge in [0.15, 0.2) is 6.61 Å². The first kappa shape index (κ1) is 26.7. The molecule has 0 bridgehead atoms. The molecule has 31 heavy (non-hydrogen) atoms. The lowest BCUT2D eigenvalue weighted by Gasteiger charge is -2.21. The van der Waals surface area contributed by atoms with E-state index in [1.807, 2.05) is 31.2 Å². The van der Waals surface area contributed by atoms with Crippen LogP contribution in [0.1, 0.15) is 46.7 Å². The predicted octanol–water partition coefficient (Wildman–Crippen LogP) is 4.52. The number of ether oxygens (including phenoxy) is 3. The molecule has 9 heteroatoms. The maximum absolute atomic E-state index is 13.0. The first-order chi connectivity index (χ1) is 13.8. The van der Waals surface area contributed by atoms with Crippen LogP contribution >= 0.6 is 24.8 Å². The number of aryl methyl sites for hydroxylation is 2. The largest absolute Gasteiger partial charge is 0.511 e. The van der Waals surface area contributed by atoms with Crippen LogP contribution in [0.15, 0.2) is 24.3 Å². The summed E-state index contributed by atoms with van der Waals surface area (Å²) in [6.45, 7) is 8.10. The lowest BCUT2D eigenvalue weighted by Crippen LogP contribution is -2.23. The number of rotatable bonds is 6. The van der Waals surface area contributed by atoms with Crippen LogP contribution in [0.3, 0.4) is 0 Å². The second-order valence-corrected chi connectivity index (χ2v) is 7.55. The monoisotopic (exact) mass is 470 g/mol. The van der Waals surface area contributed by atoms with Crippen molar-refractivity contribution in [3.63, 3.8) is 0 Å². The fraction of sp³-hybridized carbons (Fsp3) is 0.409. The number of hydrogen-bond acceptors (Lipinski definition) is 7. The quantitative estimate of drug-likeness (QED) is 0.619. The standard InChI is InChI=1S/C22H26N2O5.2ClH/c1-12(2)9-17-16(10-23)20(15-7-5-13(3)6-8-15)19(14(4)24-17)21(25)28-18-11-27-22(26)29-18;;/h5-8,12,18H,9-11,23H2,1-4H3;2*1H. The highest BCUT2D eigenvalue weighted by Crippen LogP contribution is 2.33. The number of aromatic nitrogens is 1. The Balaban J connectivity index is 0.00000240. The average molecular weight is 471 g/mol. The van der Waals surface area contributed by atoms with E-state index in [-0.39, 0.29) is 38.0 Å². The normalized spacial score (nSPS) is 14.9. The van der Waals surface area contributed by atoms with Gasteiger partial charge in [-0.1, -0.05) is 43.7 Å². The summed E-state index contributed by atoms with van der Waals surface area (Å²) in [6.07, 6.45) is -1.18. The molecule has 2 heterocycles. The minimum Gasteiger partial charge on any atom is -0.426 e. The van der Waals surface area contributed by atoms with Crippen LogP contribution in [-0.4, -0.2) is 30.0 Å². The van der Waals surface area contributed by atoms with Crippen LogP contribution in [0, 0.1) is 19.8 Å². The third-order valence-corrected chi connectivity index (χ3v) is 4.72. The van der Waals surface area contributed by atoms with Gasteiger partial charge in [-0.05, 0) is 37.3 Å². The number of halogens is 2. The Hall–Kier alpha value is -2.35. The number of nitrogens with two attached hydrogens (primary N) is 1. The number of carbonyl (C=O) groups is 2. The number of cyclic esters (lactones) is 2. The third-order valence-electron chi connectivity index (χ3n) is 4.72. The Bertz CT molecular complexity index is 932. The number of carbonyl (C=O) groups excluding carboxylic acids is 2. The van der Waals surface area contributed by atoms with E-state index in [0.717, 1.165) is 28.8 Å². The second-order valence-electron chi connectivity index (χ2n) is 7.55. The van der Waals surface area contributed by atoms with E-state index in [4.69, 9.17) is 19.9 Å². The molecule has 1 aliphatic rings. The first-order valence-electron chi connectivity index (χ1n) is 9.64. The van der Waals surface area contributed by atoms with E-state index in [2.05, 4.69) is 18.8 Å². The Morgan fingerprint density at radius 2 is 1.87 bits per heavy atom. The highest BCUT2D eigenvalue weighted by Gasteiger charge is 2.31. The van der Waals surface area contributed by atoms with Gasteiger partial charge in [-0.3, -0.25) is 4.98 Å². The van der Waals surface area contributed by atoms with Gasteiger partial charge in [0.05, 0.1) is 11.3 Å². The van der Waals surface area contributed by atoms with E-state index >= 15 is 0 Å². The van der Waals surface area contributed by atoms with Crippen molar-refractivity contribution in [2.75, 3.05) is 6.61 Å². The second kappa shape index (κ2) is 11.3. The molecule has 1 fully saturated rings. The van der Waals surface area contributed by atoms with Gasteiger partial charge in [0.2, 0.25) is 0 Å². The zero-order valence-electron chi connectivity index (χ0n) is 18.0. The van der Waals surface area contributed by atoms with Gasteiger partial charge in [-0.2, -0.15) is 0 Å². The fourth-order valence-corrected chi connectivity index (χ4v) is 3.41. The first-order valence-corrected chi connectivity index (χ1v) is 9.64. The molecule has 170 valence electrons. The number of hydrogen-bond donors (Lipinski definition) is 1. The van der Waals surface area contributed by atoms with Gasteiger partial charge in [0.25, 0.3) is 6.29 Å². The summed E-state index contributed by atoms with van der Waals surface area (Å²) in [5.74, 6) is -0.245. The molecular weight excluding hydrogens is 443 g/mol. The summed E-state index contributed by atoms with van der Waals surface area (Å²) in [5.41, 5.74) is 11.4. The van der Waals surface area contributed by atoms with Gasteiger partial charge in [-0.15, -0.1) is 24.8 Å². The molecule has 2 N–H and O–H groups in total. The van der Waals surface area contributed by atoms with Crippen molar-refractivity contribution in [1.82, 2.24) is 4.98 Å². The minimum atomic E-state index is -1.07. The van der Waals surface area contributed by atoms with E-state index in [9.17, 15) is 9.59 Å². The number of benzene rings is 1. The van der Waals surface area contributed by atoms with E-state index in [0.29, 0.717) is 22.7 Å². The summed E-state index contributed by atoms with van der Waals surface area (Å²) >= 11 is 0. The minimum absolute atomic E-state index is 0. The maximum Gasteiger partial charge on any atom is 0.511 e. The number of esters is 1. The van der Waals surface area contributed by atoms with Crippen molar-refractivity contribution in [2.24, 2.45) is 11.7 Å². The van der Waals surface area contributed by atoms with Gasteiger partial charge in [0.1, 0.15) is 0 Å². The SMILES string of the molecule is Cc1ccc(-c2c(CN)c(CC(C)C)nc(C)c2C(=O)OC2COC(=O)O2)cc1.Cl.Cl. The topological polar surface area (TPSA) is 101 Å². The molecule has 0 radical (unpaired) electrons. The Morgan fingerprint density at radius 3 is 2.39 bits per heavy atom. The molecule has 3 rings (SSSR count). The molecule has 1 unspecified atom stereocenters. The van der Waals surface area contributed by atoms with Crippen LogP contribution in [-0.2, 0) is 27.2 Å². The van der Waals surface area contributed by atoms with E-state index < -0.39 is 18.4 Å². The van der Waals surface area contributed by atoms with Gasteiger partial charge in [-0.25, -0.2) is 9.59 Å². The summed E-state index contributed by atoms with van der Waals surface area (Å²) in [4.78, 5) is 28.9. The zero-order chi connectivity index (χ0) is 21.1. The van der Waals surface area contributed by atoms with Crippen LogP contribution in [0.5, 0.6) is 0 Å². The van der Waals surface area contributed by atoms with Gasteiger partial charge >= 0.3 is 12.1 Å². The maximum atomic E-state index is 13.0. The lowest BCUT2D eigenvalue weighted by atomic mass is 9.90. The molecule has 1 aliphatic heterocycles. The molecule has 2 aromatic rings. The molecule has 1 saturated heterocycles. The van der Waals surface area contributed by atoms with Gasteiger partial charge in [0, 0.05) is 17.8 Å². The van der Waals surface area contributed by atoms with E-state index in [1.54, 1.807) is 6.92 Å². The van der Waals surface area contributed by atoms with E-state index in [1.165, 1.54) is 0 Å². The molecule has 0 spiro atoms. The van der Waals surface area contributed by atoms with Crippen LogP contribution in [0.25, 0.3) is 11.1 Å². The summed E-state index contributed by atoms with van der Waals surface area (Å²) in [7, 11) is 0. The van der Waals surface area contributed by atoms with Gasteiger partial charge < -0.3 is 19.9 Å². The van der Waals surface area contributed by atoms with Crippen molar-refractivity contribution in [2.45, 2.75) is 47.0 Å². The predicted molar refractivity (Wildman–Crippen MR) is 122 cm³/mol. The molecule has 0 amide bonds. The van der Waals surface area contributed by atoms with Crippen LogP contribution < -0.4 is 5.73 Å². The molecule has 1 aromatic heterocycles. The molecular formula is C22H28Cl2N2O5. The summed E-state index contributed by atoms with van der Waals surface area (Å²) in [6, 6.07) is 7.88. The van der Waals surface area contributed by atoms with Crippen molar-refractivity contribution in [3.8, 4) is 11.1 Å². The smallest absolute Gasteiger partial charge is 0.426 e. The molecule has 7 nitrogen and oxygen atoms in total. The molecule has 0 saturated carbocycles. The van der Waals surface area contributed by atoms with Crippen molar-refractivity contribution in [3.05, 3.63) is 52.3 Å². The average Bonchev–Trinajstić information content (AvgIpc) is 3.06. The highest BCUT2D eigenvalue weighted by atomic mass is 35.5. The zero-order valence-corrected chi connectivity index (χ0v) is 19.6. The summed E-state index contributed by atoms with van der Waals surface area (Å²) < 4.78 is 14.9. The molecule has 1 atom stereocenters. The Labute approximate surface area is 194 Å². The molecule has 0 aliphatic carbocycles. The Morgan fingerprint density at radius 1 is 1.23 bits per heavy atom. The lowest BCUT2D eigenvalue weighted by molar-refractivity contribution is -0.0464. The van der Waals surface area contributed by atoms with Crippen molar-refractivity contribution >= 4 is 36.9 Å². The Kier molecular flexibility index (Phi) is 9.74. The molecule has 1 aromatic carbocycles. The number of pyridine rings is 1. The third kappa shape index (κ3) is 6.09.